The normalized spacial score (nSPS) is 16.9. The number of nitrogens with zero attached hydrogens (tertiary/aromatic N) is 3. The number of carbonyl (C=O) groups is 2. The van der Waals surface area contributed by atoms with E-state index in [-0.39, 0.29) is 41.6 Å². The zero-order chi connectivity index (χ0) is 23.7. The molecule has 9 nitrogen and oxygen atoms in total. The SMILES string of the molecule is O=C(NCC(=O)N1CCC(c2nc(-c3ccc4c(c3)OC(F)(F)O4)no2)CC1)c1ccccc1. The van der Waals surface area contributed by atoms with Gasteiger partial charge in [-0.25, -0.2) is 0 Å². The van der Waals surface area contributed by atoms with E-state index in [9.17, 15) is 18.4 Å². The van der Waals surface area contributed by atoms with Crippen molar-refractivity contribution in [1.82, 2.24) is 20.4 Å². The summed E-state index contributed by atoms with van der Waals surface area (Å²) in [7, 11) is 0. The van der Waals surface area contributed by atoms with E-state index in [1.54, 1.807) is 35.2 Å². The number of ether oxygens (including phenoxy) is 2. The van der Waals surface area contributed by atoms with Crippen LogP contribution in [0.5, 0.6) is 11.5 Å². The second-order valence-corrected chi connectivity index (χ2v) is 7.99. The Hall–Kier alpha value is -4.02. The number of halogens is 2. The number of nitrogens with one attached hydrogen (secondary N) is 1. The Kier molecular flexibility index (Phi) is 5.60. The van der Waals surface area contributed by atoms with E-state index in [2.05, 4.69) is 24.9 Å². The third-order valence-corrected chi connectivity index (χ3v) is 5.73. The maximum absolute atomic E-state index is 13.2. The zero-order valence-electron chi connectivity index (χ0n) is 17.9. The Morgan fingerprint density at radius 2 is 1.79 bits per heavy atom. The number of aromatic nitrogens is 2. The number of hydrogen-bond donors (Lipinski definition) is 1. The molecule has 0 spiro atoms. The third-order valence-electron chi connectivity index (χ3n) is 5.73. The molecule has 34 heavy (non-hydrogen) atoms. The lowest BCUT2D eigenvalue weighted by molar-refractivity contribution is -0.286. The van der Waals surface area contributed by atoms with Crippen LogP contribution in [-0.4, -0.2) is 52.8 Å². The fourth-order valence-corrected chi connectivity index (χ4v) is 3.94. The molecule has 2 amide bonds. The van der Waals surface area contributed by atoms with Crippen LogP contribution < -0.4 is 14.8 Å². The molecular formula is C23H20F2N4O5. The van der Waals surface area contributed by atoms with Gasteiger partial charge in [0.05, 0.1) is 6.54 Å². The molecule has 3 aromatic rings. The highest BCUT2D eigenvalue weighted by Gasteiger charge is 2.43. The minimum absolute atomic E-state index is 0.0393. The standard InChI is InChI=1S/C23H20F2N4O5/c24-23(25)32-17-7-6-16(12-18(17)33-23)20-27-22(34-28-20)15-8-10-29(11-9-15)19(30)13-26-21(31)14-4-2-1-3-5-14/h1-7,12,15H,8-11,13H2,(H,26,31). The molecule has 1 saturated heterocycles. The maximum Gasteiger partial charge on any atom is 0.586 e. The lowest BCUT2D eigenvalue weighted by Crippen LogP contribution is -2.43. The van der Waals surface area contributed by atoms with E-state index < -0.39 is 6.29 Å². The van der Waals surface area contributed by atoms with E-state index >= 15 is 0 Å². The van der Waals surface area contributed by atoms with Crippen LogP contribution in [0, 0.1) is 0 Å². The number of alkyl halides is 2. The molecule has 176 valence electrons. The van der Waals surface area contributed by atoms with Crippen molar-refractivity contribution in [3.05, 3.63) is 60.0 Å². The average Bonchev–Trinajstić information content (AvgIpc) is 3.45. The van der Waals surface area contributed by atoms with E-state index in [1.807, 2.05) is 6.07 Å². The van der Waals surface area contributed by atoms with Crippen molar-refractivity contribution in [2.24, 2.45) is 0 Å². The number of hydrogen-bond acceptors (Lipinski definition) is 7. The second-order valence-electron chi connectivity index (χ2n) is 7.99. The Bertz CT molecular complexity index is 1210. The number of rotatable bonds is 5. The first kappa shape index (κ1) is 21.8. The van der Waals surface area contributed by atoms with Crippen molar-refractivity contribution < 1.29 is 32.4 Å². The Labute approximate surface area is 192 Å². The lowest BCUT2D eigenvalue weighted by atomic mass is 9.96. The molecule has 1 fully saturated rings. The smallest absolute Gasteiger partial charge is 0.395 e. The zero-order valence-corrected chi connectivity index (χ0v) is 17.9. The van der Waals surface area contributed by atoms with Crippen molar-refractivity contribution >= 4 is 11.8 Å². The van der Waals surface area contributed by atoms with Crippen LogP contribution >= 0.6 is 0 Å². The van der Waals surface area contributed by atoms with Gasteiger partial charge in [0.25, 0.3) is 5.91 Å². The highest BCUT2D eigenvalue weighted by molar-refractivity contribution is 5.96. The van der Waals surface area contributed by atoms with Crippen LogP contribution in [0.4, 0.5) is 8.78 Å². The van der Waals surface area contributed by atoms with Crippen molar-refractivity contribution in [1.29, 1.82) is 0 Å². The summed E-state index contributed by atoms with van der Waals surface area (Å²) in [4.78, 5) is 30.7. The fraction of sp³-hybridized carbons (Fsp3) is 0.304. The number of likely N-dealkylation sites (tertiary alicyclic amines) is 1. The first-order valence-corrected chi connectivity index (χ1v) is 10.7. The van der Waals surface area contributed by atoms with Gasteiger partial charge >= 0.3 is 6.29 Å². The van der Waals surface area contributed by atoms with Crippen molar-refractivity contribution in [3.8, 4) is 22.9 Å². The second kappa shape index (κ2) is 8.73. The fourth-order valence-electron chi connectivity index (χ4n) is 3.94. The molecular weight excluding hydrogens is 450 g/mol. The molecule has 1 aromatic heterocycles. The predicted octanol–water partition coefficient (Wildman–Crippen LogP) is 3.19. The molecule has 0 bridgehead atoms. The van der Waals surface area contributed by atoms with Crippen molar-refractivity contribution in [2.45, 2.75) is 25.1 Å². The molecule has 11 heteroatoms. The molecule has 0 radical (unpaired) electrons. The molecule has 2 aromatic carbocycles. The molecule has 0 aliphatic carbocycles. The van der Waals surface area contributed by atoms with Gasteiger partial charge in [-0.1, -0.05) is 23.4 Å². The Balaban J connectivity index is 1.15. The van der Waals surface area contributed by atoms with E-state index in [0.29, 0.717) is 42.9 Å². The van der Waals surface area contributed by atoms with Crippen LogP contribution in [-0.2, 0) is 4.79 Å². The average molecular weight is 470 g/mol. The van der Waals surface area contributed by atoms with Gasteiger partial charge in [-0.3, -0.25) is 9.59 Å². The molecule has 5 rings (SSSR count). The van der Waals surface area contributed by atoms with E-state index in [0.717, 1.165) is 0 Å². The van der Waals surface area contributed by atoms with Crippen molar-refractivity contribution in [2.75, 3.05) is 19.6 Å². The van der Waals surface area contributed by atoms with Gasteiger partial charge in [0.2, 0.25) is 17.6 Å². The lowest BCUT2D eigenvalue weighted by Gasteiger charge is -2.30. The summed E-state index contributed by atoms with van der Waals surface area (Å²) in [6.07, 6.45) is -2.46. The molecule has 1 N–H and O–H groups in total. The van der Waals surface area contributed by atoms with Crippen LogP contribution in [0.2, 0.25) is 0 Å². The van der Waals surface area contributed by atoms with Gasteiger partial charge in [-0.05, 0) is 43.2 Å². The minimum atomic E-state index is -3.70. The summed E-state index contributed by atoms with van der Waals surface area (Å²) in [6.45, 7) is 0.898. The van der Waals surface area contributed by atoms with E-state index in [1.165, 1.54) is 12.1 Å². The Morgan fingerprint density at radius 1 is 1.06 bits per heavy atom. The monoisotopic (exact) mass is 470 g/mol. The number of carbonyl (C=O) groups excluding carboxylic acids is 2. The number of piperidine rings is 1. The van der Waals surface area contributed by atoms with Gasteiger partial charge in [-0.2, -0.15) is 4.98 Å². The highest BCUT2D eigenvalue weighted by Crippen LogP contribution is 2.42. The maximum atomic E-state index is 13.2. The predicted molar refractivity (Wildman–Crippen MR) is 113 cm³/mol. The van der Waals surface area contributed by atoms with E-state index in [4.69, 9.17) is 4.52 Å². The highest BCUT2D eigenvalue weighted by atomic mass is 19.3. The van der Waals surface area contributed by atoms with Gasteiger partial charge < -0.3 is 24.2 Å². The molecule has 0 unspecified atom stereocenters. The number of fused-ring (bicyclic) bond motifs is 1. The summed E-state index contributed by atoms with van der Waals surface area (Å²) in [5.74, 6) is 0.0128. The van der Waals surface area contributed by atoms with Crippen LogP contribution in [0.1, 0.15) is 35.0 Å². The first-order chi connectivity index (χ1) is 16.4. The molecule has 2 aliphatic rings. The minimum Gasteiger partial charge on any atom is -0.395 e. The van der Waals surface area contributed by atoms with Crippen LogP contribution in [0.15, 0.2) is 53.1 Å². The molecule has 2 aliphatic heterocycles. The summed E-state index contributed by atoms with van der Waals surface area (Å²) in [5.41, 5.74) is 0.953. The van der Waals surface area contributed by atoms with Gasteiger partial charge in [-0.15, -0.1) is 8.78 Å². The van der Waals surface area contributed by atoms with Gasteiger partial charge in [0.1, 0.15) is 0 Å². The summed E-state index contributed by atoms with van der Waals surface area (Å²) in [6, 6.07) is 13.0. The number of benzene rings is 2. The van der Waals surface area contributed by atoms with Crippen molar-refractivity contribution in [3.63, 3.8) is 0 Å². The first-order valence-electron chi connectivity index (χ1n) is 10.7. The van der Waals surface area contributed by atoms with Gasteiger partial charge in [0.15, 0.2) is 11.5 Å². The van der Waals surface area contributed by atoms with Gasteiger partial charge in [0, 0.05) is 30.1 Å². The summed E-state index contributed by atoms with van der Waals surface area (Å²) >= 11 is 0. The quantitative estimate of drug-likeness (QED) is 0.610. The largest absolute Gasteiger partial charge is 0.586 e. The van der Waals surface area contributed by atoms with Crippen LogP contribution in [0.3, 0.4) is 0 Å². The molecule has 0 atom stereocenters. The molecule has 3 heterocycles. The topological polar surface area (TPSA) is 107 Å². The summed E-state index contributed by atoms with van der Waals surface area (Å²) in [5, 5.41) is 6.60. The summed E-state index contributed by atoms with van der Waals surface area (Å²) < 4.78 is 40.7. The van der Waals surface area contributed by atoms with Crippen LogP contribution in [0.25, 0.3) is 11.4 Å². The Morgan fingerprint density at radius 3 is 2.56 bits per heavy atom. The number of amides is 2. The third kappa shape index (κ3) is 4.54. The molecule has 0 saturated carbocycles.